The number of phenols is 3. The van der Waals surface area contributed by atoms with Crippen LogP contribution in [0.15, 0.2) is 36.4 Å². The van der Waals surface area contributed by atoms with Crippen molar-refractivity contribution in [3.8, 4) is 46.0 Å². The average molecular weight is 733 g/mol. The lowest BCUT2D eigenvalue weighted by molar-refractivity contribution is -0.304. The van der Waals surface area contributed by atoms with Crippen molar-refractivity contribution in [2.45, 2.75) is 43.0 Å². The number of esters is 1. The number of aromatic hydroxyl groups is 3. The van der Waals surface area contributed by atoms with E-state index in [1.54, 1.807) is 18.2 Å². The summed E-state index contributed by atoms with van der Waals surface area (Å²) < 4.78 is 44.3. The van der Waals surface area contributed by atoms with E-state index in [1.165, 1.54) is 53.7 Å². The lowest BCUT2D eigenvalue weighted by atomic mass is 9.66. The normalized spacial score (nSPS) is 25.5. The minimum atomic E-state index is -1.76. The number of phenolic OH excluding ortho intramolecular Hbond substituents is 3. The first-order valence-electron chi connectivity index (χ1n) is 16.3. The topological polar surface area (TPSA) is 233 Å². The summed E-state index contributed by atoms with van der Waals surface area (Å²) in [6, 6.07) is 8.64. The molecule has 0 amide bonds. The highest BCUT2D eigenvalue weighted by Crippen LogP contribution is 2.54. The Morgan fingerprint density at radius 2 is 1.40 bits per heavy atom. The summed E-state index contributed by atoms with van der Waals surface area (Å²) in [6.07, 6.45) is -7.75. The first kappa shape index (κ1) is 38.5. The summed E-state index contributed by atoms with van der Waals surface area (Å²) in [6.45, 7) is -1.09. The molecule has 8 atom stereocenters. The van der Waals surface area contributed by atoms with E-state index in [1.807, 2.05) is 0 Å². The molecule has 0 unspecified atom stereocenters. The second-order valence-electron chi connectivity index (χ2n) is 12.4. The zero-order valence-corrected chi connectivity index (χ0v) is 29.2. The molecular weight excluding hydrogens is 688 g/mol. The molecule has 0 radical (unpaired) electrons. The number of aliphatic hydroxyl groups excluding tert-OH is 4. The molecule has 3 aromatic rings. The van der Waals surface area contributed by atoms with Gasteiger partial charge in [0.15, 0.2) is 40.8 Å². The minimum absolute atomic E-state index is 0.0357. The van der Waals surface area contributed by atoms with Crippen LogP contribution in [-0.4, -0.2) is 128 Å². The molecule has 3 aromatic carbocycles. The van der Waals surface area contributed by atoms with Crippen molar-refractivity contribution in [1.82, 2.24) is 0 Å². The van der Waals surface area contributed by atoms with Crippen LogP contribution in [0, 0.1) is 11.8 Å². The second kappa shape index (κ2) is 16.3. The van der Waals surface area contributed by atoms with E-state index in [9.17, 15) is 40.5 Å². The molecule has 0 saturated carbocycles. The predicted molar refractivity (Wildman–Crippen MR) is 180 cm³/mol. The van der Waals surface area contributed by atoms with Crippen molar-refractivity contribution in [1.29, 1.82) is 0 Å². The molecule has 0 aromatic heterocycles. The maximum Gasteiger partial charge on any atom is 0.338 e. The number of rotatable bonds is 13. The first-order chi connectivity index (χ1) is 24.9. The fraction of sp³-hybridized carbons (Fsp3) is 0.472. The number of aliphatic hydroxyl groups is 4. The van der Waals surface area contributed by atoms with Gasteiger partial charge in [-0.25, -0.2) is 4.79 Å². The SMILES string of the molecule is COc1cc(C(=O)OC[C@@H]2O[C@H](OC[C@H]3[C@H](CO)Cc4cc(OC)c(O)c(OC)c4[C@@H]3c3cc(OC)c(O)c(OC)c3)[C@@H](O)[C@H](O)[C@H]2O)ccc1O. The van der Waals surface area contributed by atoms with Crippen LogP contribution in [0.25, 0.3) is 0 Å². The van der Waals surface area contributed by atoms with Crippen molar-refractivity contribution in [3.05, 3.63) is 58.7 Å². The van der Waals surface area contributed by atoms with Crippen LogP contribution in [0.3, 0.4) is 0 Å². The number of benzene rings is 3. The number of ether oxygens (including phenoxy) is 8. The zero-order valence-electron chi connectivity index (χ0n) is 29.2. The van der Waals surface area contributed by atoms with Crippen LogP contribution in [0.1, 0.15) is 33.0 Å². The number of fused-ring (bicyclic) bond motifs is 1. The van der Waals surface area contributed by atoms with Gasteiger partial charge in [-0.15, -0.1) is 0 Å². The standard InChI is InChI=1S/C36H44O16/c1-45-22-9-16(6-7-21(22)38)35(44)50-15-26-30(40)32(42)33(43)36(52-26)51-14-20-19(13-37)8-17-10-25(48-4)31(41)34(49-5)28(17)27(20)18-11-23(46-2)29(39)24(12-18)47-3/h6-7,9-12,19-20,26-27,30,32-33,36-43H,8,13-15H2,1-5H3/t19-,20-,26-,27+,30-,32+,33-,36-/m0/s1. The number of hydrogen-bond donors (Lipinski definition) is 7. The summed E-state index contributed by atoms with van der Waals surface area (Å²) in [5.41, 5.74) is 1.79. The molecule has 0 bridgehead atoms. The van der Waals surface area contributed by atoms with Gasteiger partial charge in [-0.1, -0.05) is 0 Å². The summed E-state index contributed by atoms with van der Waals surface area (Å²) in [7, 11) is 6.85. The molecule has 1 aliphatic carbocycles. The fourth-order valence-electron chi connectivity index (χ4n) is 6.86. The molecular formula is C36H44O16. The highest BCUT2D eigenvalue weighted by atomic mass is 16.7. The summed E-state index contributed by atoms with van der Waals surface area (Å²) in [5, 5.41) is 74.8. The Morgan fingerprint density at radius 1 is 0.769 bits per heavy atom. The molecule has 5 rings (SSSR count). The third-order valence-corrected chi connectivity index (χ3v) is 9.61. The molecule has 1 heterocycles. The Morgan fingerprint density at radius 3 is 2.00 bits per heavy atom. The maximum atomic E-state index is 12.8. The second-order valence-corrected chi connectivity index (χ2v) is 12.4. The van der Waals surface area contributed by atoms with Crippen molar-refractivity contribution < 1.29 is 78.4 Å². The lowest BCUT2D eigenvalue weighted by Gasteiger charge is -2.43. The molecule has 1 fully saturated rings. The van der Waals surface area contributed by atoms with E-state index in [0.29, 0.717) is 16.7 Å². The summed E-state index contributed by atoms with van der Waals surface area (Å²) in [5.74, 6) is -2.93. The quantitative estimate of drug-likeness (QED) is 0.123. The van der Waals surface area contributed by atoms with Crippen LogP contribution in [0.5, 0.6) is 46.0 Å². The highest BCUT2D eigenvalue weighted by Gasteiger charge is 2.47. The van der Waals surface area contributed by atoms with Gasteiger partial charge in [-0.3, -0.25) is 0 Å². The van der Waals surface area contributed by atoms with Crippen molar-refractivity contribution in [3.63, 3.8) is 0 Å². The van der Waals surface area contributed by atoms with Crippen LogP contribution in [0.4, 0.5) is 0 Å². The minimum Gasteiger partial charge on any atom is -0.504 e. The number of methoxy groups -OCH3 is 5. The van der Waals surface area contributed by atoms with Gasteiger partial charge < -0.3 is 73.6 Å². The van der Waals surface area contributed by atoms with E-state index in [2.05, 4.69) is 0 Å². The van der Waals surface area contributed by atoms with Crippen molar-refractivity contribution in [2.75, 3.05) is 55.4 Å². The third-order valence-electron chi connectivity index (χ3n) is 9.61. The van der Waals surface area contributed by atoms with Crippen molar-refractivity contribution >= 4 is 5.97 Å². The monoisotopic (exact) mass is 732 g/mol. The van der Waals surface area contributed by atoms with Crippen LogP contribution in [0.2, 0.25) is 0 Å². The molecule has 7 N–H and O–H groups in total. The van der Waals surface area contributed by atoms with Gasteiger partial charge >= 0.3 is 5.97 Å². The Kier molecular flexibility index (Phi) is 12.1. The van der Waals surface area contributed by atoms with Gasteiger partial charge in [0, 0.05) is 18.1 Å². The predicted octanol–water partition coefficient (Wildman–Crippen LogP) is 1.44. The zero-order chi connectivity index (χ0) is 37.9. The van der Waals surface area contributed by atoms with Gasteiger partial charge in [0.2, 0.25) is 11.5 Å². The molecule has 16 heteroatoms. The van der Waals surface area contributed by atoms with Gasteiger partial charge in [-0.2, -0.15) is 0 Å². The molecule has 1 saturated heterocycles. The molecule has 0 spiro atoms. The van der Waals surface area contributed by atoms with Crippen LogP contribution in [-0.2, 0) is 20.6 Å². The van der Waals surface area contributed by atoms with E-state index >= 15 is 0 Å². The maximum absolute atomic E-state index is 12.8. The molecule has 52 heavy (non-hydrogen) atoms. The van der Waals surface area contributed by atoms with E-state index in [-0.39, 0.29) is 71.2 Å². The largest absolute Gasteiger partial charge is 0.504 e. The van der Waals surface area contributed by atoms with Crippen LogP contribution >= 0.6 is 0 Å². The van der Waals surface area contributed by atoms with E-state index < -0.39 is 61.0 Å². The Bertz CT molecular complexity index is 1700. The Labute approximate surface area is 299 Å². The summed E-state index contributed by atoms with van der Waals surface area (Å²) in [4.78, 5) is 12.8. The first-order valence-corrected chi connectivity index (χ1v) is 16.3. The van der Waals surface area contributed by atoms with Gasteiger partial charge in [0.1, 0.15) is 31.0 Å². The van der Waals surface area contributed by atoms with E-state index in [4.69, 9.17) is 37.9 Å². The van der Waals surface area contributed by atoms with Gasteiger partial charge in [-0.05, 0) is 65.8 Å². The molecule has 284 valence electrons. The lowest BCUT2D eigenvalue weighted by Crippen LogP contribution is -2.59. The number of hydrogen-bond acceptors (Lipinski definition) is 16. The van der Waals surface area contributed by atoms with Crippen molar-refractivity contribution in [2.24, 2.45) is 11.8 Å². The fourth-order valence-corrected chi connectivity index (χ4v) is 6.86. The number of carbonyl (C=O) groups is 1. The Hall–Kier alpha value is -4.71. The summed E-state index contributed by atoms with van der Waals surface area (Å²) >= 11 is 0. The molecule has 1 aliphatic heterocycles. The smallest absolute Gasteiger partial charge is 0.338 e. The Balaban J connectivity index is 1.46. The average Bonchev–Trinajstić information content (AvgIpc) is 3.15. The third kappa shape index (κ3) is 7.30. The van der Waals surface area contributed by atoms with Gasteiger partial charge in [0.05, 0.1) is 47.7 Å². The highest BCUT2D eigenvalue weighted by molar-refractivity contribution is 5.90. The van der Waals surface area contributed by atoms with E-state index in [0.717, 1.165) is 0 Å². The van der Waals surface area contributed by atoms with Gasteiger partial charge in [0.25, 0.3) is 0 Å². The molecule has 16 nitrogen and oxygen atoms in total. The number of carbonyl (C=O) groups excluding carboxylic acids is 1. The molecule has 2 aliphatic rings. The van der Waals surface area contributed by atoms with Crippen LogP contribution < -0.4 is 23.7 Å².